The first-order valence-corrected chi connectivity index (χ1v) is 12.3. The lowest BCUT2D eigenvalue weighted by Crippen LogP contribution is -2.50. The molecule has 0 saturated heterocycles. The molecule has 5 nitrogen and oxygen atoms in total. The number of halogens is 1. The Balaban J connectivity index is 1.74. The smallest absolute Gasteiger partial charge is 0.252 e. The van der Waals surface area contributed by atoms with Crippen LogP contribution in [-0.4, -0.2) is 29.6 Å². The van der Waals surface area contributed by atoms with E-state index < -0.39 is 12.1 Å². The highest BCUT2D eigenvalue weighted by molar-refractivity contribution is 6.32. The van der Waals surface area contributed by atoms with Gasteiger partial charge in [0.15, 0.2) is 0 Å². The summed E-state index contributed by atoms with van der Waals surface area (Å²) in [6.07, 6.45) is 0.442. The maximum absolute atomic E-state index is 13.7. The van der Waals surface area contributed by atoms with E-state index in [-0.39, 0.29) is 11.8 Å². The normalized spacial score (nSPS) is 16.4. The maximum atomic E-state index is 13.7. The molecule has 1 aliphatic heterocycles. The van der Waals surface area contributed by atoms with Gasteiger partial charge in [-0.25, -0.2) is 0 Å². The minimum absolute atomic E-state index is 0.225. The number of nitrogens with zero attached hydrogens (tertiary/aromatic N) is 2. The van der Waals surface area contributed by atoms with Crippen LogP contribution in [0.15, 0.2) is 77.8 Å². The van der Waals surface area contributed by atoms with Gasteiger partial charge in [-0.15, -0.1) is 0 Å². The van der Waals surface area contributed by atoms with Crippen molar-refractivity contribution in [1.82, 2.24) is 0 Å². The third-order valence-electron chi connectivity index (χ3n) is 6.28. The van der Waals surface area contributed by atoms with Crippen LogP contribution in [0, 0.1) is 0 Å². The predicted octanol–water partition coefficient (Wildman–Crippen LogP) is 6.45. The Bertz CT molecular complexity index is 1250. The van der Waals surface area contributed by atoms with E-state index in [9.17, 15) is 9.59 Å². The number of hydrogen-bond acceptors (Lipinski definition) is 3. The SMILES string of the molecule is CC[C@@H](C(=O)Nc1ccc(C(C)C)cc1)N1C(=O)[C@@H](C)N=C(c2ccccc2)c2cc(Cl)ccc21. The monoisotopic (exact) mass is 487 g/mol. The molecule has 3 aromatic carbocycles. The minimum Gasteiger partial charge on any atom is -0.324 e. The van der Waals surface area contributed by atoms with Crippen molar-refractivity contribution in [1.29, 1.82) is 0 Å². The number of benzodiazepines with no additional fused rings is 1. The largest absolute Gasteiger partial charge is 0.324 e. The van der Waals surface area contributed by atoms with Crippen molar-refractivity contribution in [2.45, 2.75) is 52.1 Å². The van der Waals surface area contributed by atoms with Crippen molar-refractivity contribution in [2.24, 2.45) is 4.99 Å². The molecule has 0 unspecified atom stereocenters. The molecule has 3 aromatic rings. The van der Waals surface area contributed by atoms with E-state index in [1.54, 1.807) is 24.0 Å². The molecule has 0 bridgehead atoms. The summed E-state index contributed by atoms with van der Waals surface area (Å²) in [4.78, 5) is 33.5. The van der Waals surface area contributed by atoms with Gasteiger partial charge in [-0.1, -0.05) is 74.8 Å². The van der Waals surface area contributed by atoms with Gasteiger partial charge in [0.2, 0.25) is 5.91 Å². The van der Waals surface area contributed by atoms with Crippen LogP contribution in [0.25, 0.3) is 0 Å². The Labute approximate surface area is 211 Å². The zero-order valence-electron chi connectivity index (χ0n) is 20.5. The molecule has 0 radical (unpaired) electrons. The molecular weight excluding hydrogens is 458 g/mol. The number of anilines is 2. The summed E-state index contributed by atoms with van der Waals surface area (Å²) in [6, 6.07) is 21.5. The molecule has 0 aromatic heterocycles. The first-order chi connectivity index (χ1) is 16.8. The van der Waals surface area contributed by atoms with Gasteiger partial charge in [0, 0.05) is 21.8 Å². The quantitative estimate of drug-likeness (QED) is 0.434. The molecule has 0 saturated carbocycles. The van der Waals surface area contributed by atoms with Crippen LogP contribution in [0.4, 0.5) is 11.4 Å². The lowest BCUT2D eigenvalue weighted by molar-refractivity contribution is -0.124. The molecule has 1 heterocycles. The minimum atomic E-state index is -0.708. The van der Waals surface area contributed by atoms with Gasteiger partial charge in [-0.05, 0) is 55.2 Å². The van der Waals surface area contributed by atoms with E-state index in [1.807, 2.05) is 67.6 Å². The van der Waals surface area contributed by atoms with Crippen LogP contribution in [-0.2, 0) is 9.59 Å². The van der Waals surface area contributed by atoms with Gasteiger partial charge in [-0.3, -0.25) is 19.5 Å². The number of amides is 2. The average molecular weight is 488 g/mol. The van der Waals surface area contributed by atoms with Crippen LogP contribution >= 0.6 is 11.6 Å². The van der Waals surface area contributed by atoms with Crippen LogP contribution < -0.4 is 10.2 Å². The van der Waals surface area contributed by atoms with Crippen molar-refractivity contribution in [2.75, 3.05) is 10.2 Å². The Hall–Kier alpha value is -3.44. The Kier molecular flexibility index (Phi) is 7.37. The molecule has 2 atom stereocenters. The number of nitrogens with one attached hydrogen (secondary N) is 1. The number of carbonyl (C=O) groups excluding carboxylic acids is 2. The summed E-state index contributed by atoms with van der Waals surface area (Å²) < 4.78 is 0. The lowest BCUT2D eigenvalue weighted by atomic mass is 9.99. The molecule has 4 rings (SSSR count). The number of benzene rings is 3. The van der Waals surface area contributed by atoms with Crippen molar-refractivity contribution < 1.29 is 9.59 Å². The molecule has 0 fully saturated rings. The zero-order valence-corrected chi connectivity index (χ0v) is 21.2. The molecule has 35 heavy (non-hydrogen) atoms. The van der Waals surface area contributed by atoms with Gasteiger partial charge >= 0.3 is 0 Å². The van der Waals surface area contributed by atoms with Gasteiger partial charge < -0.3 is 5.32 Å². The molecule has 1 aliphatic rings. The molecule has 0 aliphatic carbocycles. The summed E-state index contributed by atoms with van der Waals surface area (Å²) in [5, 5.41) is 3.54. The second-order valence-corrected chi connectivity index (χ2v) is 9.52. The first-order valence-electron chi connectivity index (χ1n) is 12.0. The molecule has 0 spiro atoms. The zero-order chi connectivity index (χ0) is 25.1. The highest BCUT2D eigenvalue weighted by atomic mass is 35.5. The fraction of sp³-hybridized carbons (Fsp3) is 0.276. The Morgan fingerprint density at radius 1 is 1.06 bits per heavy atom. The summed E-state index contributed by atoms with van der Waals surface area (Å²) in [6.45, 7) is 7.93. The maximum Gasteiger partial charge on any atom is 0.252 e. The van der Waals surface area contributed by atoms with E-state index in [0.717, 1.165) is 11.1 Å². The van der Waals surface area contributed by atoms with Crippen molar-refractivity contribution in [3.63, 3.8) is 0 Å². The standard InChI is InChI=1S/C29H30ClN3O2/c1-5-25(28(34)32-23-14-11-20(12-15-23)18(2)3)33-26-16-13-22(30)17-24(26)27(31-19(4)29(33)35)21-9-7-6-8-10-21/h6-19,25H,5H2,1-4H3,(H,32,34)/t19-,25+/m1/s1. The number of hydrogen-bond donors (Lipinski definition) is 1. The third kappa shape index (κ3) is 5.15. The summed E-state index contributed by atoms with van der Waals surface area (Å²) >= 11 is 6.38. The van der Waals surface area contributed by atoms with E-state index in [1.165, 1.54) is 5.56 Å². The van der Waals surface area contributed by atoms with Crippen LogP contribution in [0.1, 0.15) is 56.7 Å². The summed E-state index contributed by atoms with van der Waals surface area (Å²) in [5.41, 5.74) is 4.83. The Morgan fingerprint density at radius 2 is 1.74 bits per heavy atom. The molecule has 1 N–H and O–H groups in total. The summed E-state index contributed by atoms with van der Waals surface area (Å²) in [5.74, 6) is -0.0624. The van der Waals surface area contributed by atoms with E-state index >= 15 is 0 Å². The number of fused-ring (bicyclic) bond motifs is 1. The average Bonchev–Trinajstić information content (AvgIpc) is 2.95. The van der Waals surface area contributed by atoms with Crippen molar-refractivity contribution in [3.05, 3.63) is 94.5 Å². The second kappa shape index (κ2) is 10.4. The Morgan fingerprint density at radius 3 is 2.37 bits per heavy atom. The molecular formula is C29H30ClN3O2. The van der Waals surface area contributed by atoms with E-state index in [4.69, 9.17) is 16.6 Å². The molecule has 180 valence electrons. The van der Waals surface area contributed by atoms with Gasteiger partial charge in [0.05, 0.1) is 11.4 Å². The highest BCUT2D eigenvalue weighted by Crippen LogP contribution is 2.33. The third-order valence-corrected chi connectivity index (χ3v) is 6.52. The molecule has 2 amide bonds. The predicted molar refractivity (Wildman–Crippen MR) is 144 cm³/mol. The van der Waals surface area contributed by atoms with E-state index in [0.29, 0.717) is 34.4 Å². The number of rotatable bonds is 6. The topological polar surface area (TPSA) is 61.8 Å². The van der Waals surface area contributed by atoms with Crippen LogP contribution in [0.3, 0.4) is 0 Å². The van der Waals surface area contributed by atoms with Crippen molar-refractivity contribution >= 4 is 40.5 Å². The van der Waals surface area contributed by atoms with E-state index in [2.05, 4.69) is 19.2 Å². The number of carbonyl (C=O) groups is 2. The van der Waals surface area contributed by atoms with Gasteiger partial charge in [0.1, 0.15) is 12.1 Å². The fourth-order valence-electron chi connectivity index (χ4n) is 4.36. The summed E-state index contributed by atoms with van der Waals surface area (Å²) in [7, 11) is 0. The highest BCUT2D eigenvalue weighted by Gasteiger charge is 2.37. The second-order valence-electron chi connectivity index (χ2n) is 9.08. The van der Waals surface area contributed by atoms with Crippen LogP contribution in [0.2, 0.25) is 5.02 Å². The number of aliphatic imine (C=N–C) groups is 1. The van der Waals surface area contributed by atoms with Crippen LogP contribution in [0.5, 0.6) is 0 Å². The molecule has 6 heteroatoms. The fourth-order valence-corrected chi connectivity index (χ4v) is 4.53. The van der Waals surface area contributed by atoms with Crippen molar-refractivity contribution in [3.8, 4) is 0 Å². The lowest BCUT2D eigenvalue weighted by Gasteiger charge is -2.31. The van der Waals surface area contributed by atoms with Gasteiger partial charge in [-0.2, -0.15) is 0 Å². The van der Waals surface area contributed by atoms with Gasteiger partial charge in [0.25, 0.3) is 5.91 Å². The first kappa shape index (κ1) is 24.7.